The number of aryl methyl sites for hydroxylation is 1. The Hall–Kier alpha value is -0.820. The van der Waals surface area contributed by atoms with Crippen LogP contribution in [0.4, 0.5) is 0 Å². The van der Waals surface area contributed by atoms with Crippen LogP contribution >= 0.6 is 0 Å². The first kappa shape index (κ1) is 13.2. The Morgan fingerprint density at radius 3 is 2.38 bits per heavy atom. The monoisotopic (exact) mass is 220 g/mol. The van der Waals surface area contributed by atoms with E-state index < -0.39 is 0 Å². The molecule has 0 saturated heterocycles. The maximum atomic E-state index is 10.2. The van der Waals surface area contributed by atoms with Crippen molar-refractivity contribution in [3.05, 3.63) is 35.4 Å². The van der Waals surface area contributed by atoms with Crippen LogP contribution < -0.4 is 0 Å². The van der Waals surface area contributed by atoms with Crippen LogP contribution in [-0.4, -0.2) is 5.11 Å². The smallest absolute Gasteiger partial charge is 0.0792 e. The molecule has 0 aliphatic rings. The van der Waals surface area contributed by atoms with Crippen LogP contribution in [0.1, 0.15) is 51.3 Å². The Morgan fingerprint density at radius 1 is 1.25 bits per heavy atom. The molecule has 1 nitrogen and oxygen atoms in total. The second kappa shape index (κ2) is 5.01. The number of aliphatic hydroxyl groups excluding tert-OH is 1. The minimum atomic E-state index is -0.339. The van der Waals surface area contributed by atoms with E-state index in [0.717, 1.165) is 12.0 Å². The maximum Gasteiger partial charge on any atom is 0.0792 e. The molecule has 1 aromatic carbocycles. The molecule has 0 amide bonds. The van der Waals surface area contributed by atoms with Crippen LogP contribution in [0.3, 0.4) is 0 Å². The van der Waals surface area contributed by atoms with Gasteiger partial charge in [-0.05, 0) is 30.2 Å². The first-order valence-corrected chi connectivity index (χ1v) is 6.05. The Kier molecular flexibility index (Phi) is 4.15. The topological polar surface area (TPSA) is 20.2 Å². The van der Waals surface area contributed by atoms with E-state index in [9.17, 15) is 5.11 Å². The summed E-state index contributed by atoms with van der Waals surface area (Å²) in [6.07, 6.45) is 0.488. The molecule has 2 atom stereocenters. The molecule has 90 valence electrons. The lowest BCUT2D eigenvalue weighted by Crippen LogP contribution is -2.19. The molecule has 2 unspecified atom stereocenters. The maximum absolute atomic E-state index is 10.2. The summed E-state index contributed by atoms with van der Waals surface area (Å²) in [4.78, 5) is 0. The van der Waals surface area contributed by atoms with Crippen molar-refractivity contribution in [3.63, 3.8) is 0 Å². The summed E-state index contributed by atoms with van der Waals surface area (Å²) >= 11 is 0. The van der Waals surface area contributed by atoms with Gasteiger partial charge in [0.15, 0.2) is 0 Å². The Balaban J connectivity index is 2.69. The summed E-state index contributed by atoms with van der Waals surface area (Å²) in [5.41, 5.74) is 2.50. The van der Waals surface area contributed by atoms with Gasteiger partial charge in [-0.1, -0.05) is 57.5 Å². The summed E-state index contributed by atoms with van der Waals surface area (Å²) in [7, 11) is 0. The zero-order valence-corrected chi connectivity index (χ0v) is 11.1. The standard InChI is InChI=1S/C15H24O/c1-11-7-6-8-13(9-11)14(16)10-12(2)15(3,4)5/h6-9,12,14,16H,10H2,1-5H3. The molecular weight excluding hydrogens is 196 g/mol. The van der Waals surface area contributed by atoms with Gasteiger partial charge in [0.1, 0.15) is 0 Å². The van der Waals surface area contributed by atoms with Crippen molar-refractivity contribution < 1.29 is 5.11 Å². The van der Waals surface area contributed by atoms with E-state index in [-0.39, 0.29) is 11.5 Å². The van der Waals surface area contributed by atoms with E-state index in [4.69, 9.17) is 0 Å². The van der Waals surface area contributed by atoms with Crippen molar-refractivity contribution in [3.8, 4) is 0 Å². The molecule has 1 N–H and O–H groups in total. The average Bonchev–Trinajstić information content (AvgIpc) is 2.16. The van der Waals surface area contributed by atoms with E-state index >= 15 is 0 Å². The van der Waals surface area contributed by atoms with Crippen molar-refractivity contribution in [2.75, 3.05) is 0 Å². The molecule has 0 spiro atoms. The Morgan fingerprint density at radius 2 is 1.88 bits per heavy atom. The molecule has 0 fully saturated rings. The highest BCUT2D eigenvalue weighted by Crippen LogP contribution is 2.33. The van der Waals surface area contributed by atoms with E-state index in [1.807, 2.05) is 12.1 Å². The highest BCUT2D eigenvalue weighted by molar-refractivity contribution is 5.24. The first-order valence-electron chi connectivity index (χ1n) is 6.05. The molecule has 1 rings (SSSR count). The summed E-state index contributed by atoms with van der Waals surface area (Å²) in [6, 6.07) is 8.14. The van der Waals surface area contributed by atoms with Crippen molar-refractivity contribution in [2.45, 2.75) is 47.1 Å². The third-order valence-corrected chi connectivity index (χ3v) is 3.48. The number of benzene rings is 1. The number of aliphatic hydroxyl groups is 1. The number of hydrogen-bond acceptors (Lipinski definition) is 1. The third-order valence-electron chi connectivity index (χ3n) is 3.48. The molecular formula is C15H24O. The normalized spacial score (nSPS) is 15.9. The lowest BCUT2D eigenvalue weighted by molar-refractivity contribution is 0.111. The quantitative estimate of drug-likeness (QED) is 0.813. The van der Waals surface area contributed by atoms with Crippen molar-refractivity contribution >= 4 is 0 Å². The summed E-state index contributed by atoms with van der Waals surface area (Å²) in [6.45, 7) is 10.9. The summed E-state index contributed by atoms with van der Waals surface area (Å²) in [5.74, 6) is 0.503. The highest BCUT2D eigenvalue weighted by atomic mass is 16.3. The van der Waals surface area contributed by atoms with Crippen LogP contribution in [0.5, 0.6) is 0 Å². The molecule has 1 aromatic rings. The molecule has 16 heavy (non-hydrogen) atoms. The second-order valence-corrected chi connectivity index (χ2v) is 5.93. The van der Waals surface area contributed by atoms with Crippen molar-refractivity contribution in [1.82, 2.24) is 0 Å². The highest BCUT2D eigenvalue weighted by Gasteiger charge is 2.23. The Labute approximate surface area is 99.5 Å². The van der Waals surface area contributed by atoms with E-state index in [2.05, 4.69) is 46.8 Å². The van der Waals surface area contributed by atoms with Gasteiger partial charge in [-0.15, -0.1) is 0 Å². The summed E-state index contributed by atoms with van der Waals surface area (Å²) in [5, 5.41) is 10.2. The lowest BCUT2D eigenvalue weighted by atomic mass is 9.78. The van der Waals surface area contributed by atoms with Gasteiger partial charge in [-0.25, -0.2) is 0 Å². The second-order valence-electron chi connectivity index (χ2n) is 5.93. The molecule has 0 aromatic heterocycles. The predicted octanol–water partition coefficient (Wildman–Crippen LogP) is 4.10. The first-order chi connectivity index (χ1) is 7.30. The van der Waals surface area contributed by atoms with Crippen LogP contribution in [0.15, 0.2) is 24.3 Å². The van der Waals surface area contributed by atoms with Crippen molar-refractivity contribution in [2.24, 2.45) is 11.3 Å². The fraction of sp³-hybridized carbons (Fsp3) is 0.600. The average molecular weight is 220 g/mol. The SMILES string of the molecule is Cc1cccc(C(O)CC(C)C(C)(C)C)c1. The molecule has 0 radical (unpaired) electrons. The van der Waals surface area contributed by atoms with Crippen molar-refractivity contribution in [1.29, 1.82) is 0 Å². The summed E-state index contributed by atoms with van der Waals surface area (Å²) < 4.78 is 0. The van der Waals surface area contributed by atoms with Gasteiger partial charge in [-0.2, -0.15) is 0 Å². The predicted molar refractivity (Wildman–Crippen MR) is 69.4 cm³/mol. The minimum absolute atomic E-state index is 0.255. The van der Waals surface area contributed by atoms with Gasteiger partial charge >= 0.3 is 0 Å². The molecule has 0 saturated carbocycles. The van der Waals surface area contributed by atoms with Crippen LogP contribution in [0.2, 0.25) is 0 Å². The van der Waals surface area contributed by atoms with Gasteiger partial charge in [0.25, 0.3) is 0 Å². The largest absolute Gasteiger partial charge is 0.388 e. The molecule has 0 aliphatic heterocycles. The van der Waals surface area contributed by atoms with Gasteiger partial charge in [0.2, 0.25) is 0 Å². The fourth-order valence-electron chi connectivity index (χ4n) is 1.70. The van der Waals surface area contributed by atoms with Gasteiger partial charge in [0.05, 0.1) is 6.10 Å². The Bertz CT molecular complexity index is 336. The molecule has 1 heteroatoms. The molecule has 0 heterocycles. The zero-order valence-electron chi connectivity index (χ0n) is 11.1. The van der Waals surface area contributed by atoms with E-state index in [1.54, 1.807) is 0 Å². The molecule has 0 bridgehead atoms. The minimum Gasteiger partial charge on any atom is -0.388 e. The van der Waals surface area contributed by atoms with Gasteiger partial charge in [0, 0.05) is 0 Å². The van der Waals surface area contributed by atoms with Gasteiger partial charge in [-0.3, -0.25) is 0 Å². The van der Waals surface area contributed by atoms with Crippen LogP contribution in [0, 0.1) is 18.3 Å². The zero-order chi connectivity index (χ0) is 12.3. The van der Waals surface area contributed by atoms with Gasteiger partial charge < -0.3 is 5.11 Å². The third kappa shape index (κ3) is 3.64. The number of hydrogen-bond donors (Lipinski definition) is 1. The van der Waals surface area contributed by atoms with Crippen LogP contribution in [-0.2, 0) is 0 Å². The molecule has 0 aliphatic carbocycles. The number of rotatable bonds is 3. The lowest BCUT2D eigenvalue weighted by Gasteiger charge is -2.29. The van der Waals surface area contributed by atoms with Crippen LogP contribution in [0.25, 0.3) is 0 Å². The van der Waals surface area contributed by atoms with E-state index in [1.165, 1.54) is 5.56 Å². The van der Waals surface area contributed by atoms with E-state index in [0.29, 0.717) is 5.92 Å². The fourth-order valence-corrected chi connectivity index (χ4v) is 1.70.